The zero-order chi connectivity index (χ0) is 16.9. The molecule has 0 aliphatic carbocycles. The van der Waals surface area contributed by atoms with Crippen molar-refractivity contribution in [1.29, 1.82) is 0 Å². The van der Waals surface area contributed by atoms with Crippen LogP contribution in [0.5, 0.6) is 0 Å². The standard InChI is InChI=1S/C12H10NS.2C4H8O.Li/c13-11-8-4-5-9-12(11)14-10-6-2-1-3-7-10;2*1-2-4-5-3-1;/h1-9,13H;2*1-4H2;/q-1;;;+1. The molecular formula is C20H26LiNO2S. The Labute approximate surface area is 167 Å². The van der Waals surface area contributed by atoms with E-state index in [0.717, 1.165) is 31.3 Å². The van der Waals surface area contributed by atoms with E-state index in [2.05, 4.69) is 12.1 Å². The molecule has 0 spiro atoms. The van der Waals surface area contributed by atoms with Crippen LogP contribution in [0.4, 0.5) is 5.69 Å². The molecule has 1 N–H and O–H groups in total. The Hall–Kier alpha value is -0.893. The van der Waals surface area contributed by atoms with Crippen LogP contribution in [-0.4, -0.2) is 26.4 Å². The topological polar surface area (TPSA) is 42.3 Å². The summed E-state index contributed by atoms with van der Waals surface area (Å²) in [6, 6.07) is 17.8. The molecule has 0 bridgehead atoms. The molecule has 2 aromatic rings. The van der Waals surface area contributed by atoms with Gasteiger partial charge in [0.25, 0.3) is 0 Å². The zero-order valence-corrected chi connectivity index (χ0v) is 15.9. The van der Waals surface area contributed by atoms with E-state index >= 15 is 0 Å². The molecule has 2 heterocycles. The molecule has 2 fully saturated rings. The van der Waals surface area contributed by atoms with Crippen LogP contribution in [0.3, 0.4) is 0 Å². The zero-order valence-electron chi connectivity index (χ0n) is 15.1. The summed E-state index contributed by atoms with van der Waals surface area (Å²) in [7, 11) is 0. The van der Waals surface area contributed by atoms with Crippen LogP contribution in [-0.2, 0) is 9.47 Å². The molecule has 2 saturated heterocycles. The van der Waals surface area contributed by atoms with Crippen molar-refractivity contribution in [2.75, 3.05) is 26.4 Å². The summed E-state index contributed by atoms with van der Waals surface area (Å²) in [5.74, 6) is 0. The second kappa shape index (κ2) is 14.3. The molecule has 2 aliphatic rings. The summed E-state index contributed by atoms with van der Waals surface area (Å²) >= 11 is 1.63. The molecule has 5 heteroatoms. The quantitative estimate of drug-likeness (QED) is 0.781. The first kappa shape index (κ1) is 22.1. The third-order valence-corrected chi connectivity index (χ3v) is 4.60. The van der Waals surface area contributed by atoms with Crippen molar-refractivity contribution in [1.82, 2.24) is 0 Å². The summed E-state index contributed by atoms with van der Waals surface area (Å²) in [5, 5.41) is 0. The molecule has 4 rings (SSSR count). The minimum Gasteiger partial charge on any atom is -0.698 e. The summed E-state index contributed by atoms with van der Waals surface area (Å²) in [4.78, 5) is 2.17. The SMILES string of the molecule is C1CCOC1.C1CCOC1.[Li+].[NH-]c1ccccc1Sc1ccccc1. The van der Waals surface area contributed by atoms with Crippen molar-refractivity contribution in [2.24, 2.45) is 0 Å². The maximum atomic E-state index is 7.70. The van der Waals surface area contributed by atoms with Gasteiger partial charge >= 0.3 is 18.9 Å². The number of hydrogen-bond acceptors (Lipinski definition) is 3. The summed E-state index contributed by atoms with van der Waals surface area (Å²) in [6.07, 6.45) is 5.11. The maximum absolute atomic E-state index is 7.70. The first-order valence-corrected chi connectivity index (χ1v) is 9.37. The van der Waals surface area contributed by atoms with Gasteiger partial charge in [0.15, 0.2) is 0 Å². The predicted octanol–water partition coefficient (Wildman–Crippen LogP) is 3.12. The van der Waals surface area contributed by atoms with E-state index in [-0.39, 0.29) is 18.9 Å². The average Bonchev–Trinajstić information content (AvgIpc) is 3.37. The molecule has 0 unspecified atom stereocenters. The molecule has 2 aromatic carbocycles. The van der Waals surface area contributed by atoms with E-state index in [1.807, 2.05) is 42.5 Å². The van der Waals surface area contributed by atoms with Crippen molar-refractivity contribution < 1.29 is 28.3 Å². The number of nitrogens with one attached hydrogen (secondary N) is 1. The fraction of sp³-hybridized carbons (Fsp3) is 0.400. The molecule has 25 heavy (non-hydrogen) atoms. The fourth-order valence-electron chi connectivity index (χ4n) is 2.19. The van der Waals surface area contributed by atoms with E-state index in [1.165, 1.54) is 30.6 Å². The van der Waals surface area contributed by atoms with Gasteiger partial charge in [0.05, 0.1) is 0 Å². The average molecular weight is 351 g/mol. The van der Waals surface area contributed by atoms with Crippen molar-refractivity contribution >= 4 is 17.4 Å². The van der Waals surface area contributed by atoms with Gasteiger partial charge < -0.3 is 15.2 Å². The van der Waals surface area contributed by atoms with Crippen molar-refractivity contribution in [2.45, 2.75) is 35.5 Å². The molecule has 0 atom stereocenters. The molecule has 0 amide bonds. The van der Waals surface area contributed by atoms with Gasteiger partial charge in [0.1, 0.15) is 0 Å². The van der Waals surface area contributed by atoms with Crippen LogP contribution in [0.1, 0.15) is 25.7 Å². The molecular weight excluding hydrogens is 325 g/mol. The van der Waals surface area contributed by atoms with Crippen molar-refractivity contribution in [3.05, 3.63) is 60.3 Å². The van der Waals surface area contributed by atoms with Gasteiger partial charge in [-0.15, -0.1) is 5.69 Å². The van der Waals surface area contributed by atoms with Crippen molar-refractivity contribution in [3.63, 3.8) is 0 Å². The van der Waals surface area contributed by atoms with E-state index in [1.54, 1.807) is 11.8 Å². The molecule has 0 aromatic heterocycles. The second-order valence-corrected chi connectivity index (χ2v) is 6.67. The molecule has 130 valence electrons. The van der Waals surface area contributed by atoms with E-state index in [0.29, 0.717) is 5.69 Å². The van der Waals surface area contributed by atoms with E-state index in [4.69, 9.17) is 15.2 Å². The van der Waals surface area contributed by atoms with E-state index in [9.17, 15) is 0 Å². The van der Waals surface area contributed by atoms with Gasteiger partial charge in [-0.3, -0.25) is 0 Å². The van der Waals surface area contributed by atoms with Gasteiger partial charge in [-0.05, 0) is 48.8 Å². The van der Waals surface area contributed by atoms with Gasteiger partial charge in [0, 0.05) is 31.3 Å². The number of rotatable bonds is 2. The van der Waals surface area contributed by atoms with Crippen LogP contribution in [0.15, 0.2) is 64.4 Å². The Kier molecular flexibility index (Phi) is 12.7. The first-order valence-electron chi connectivity index (χ1n) is 8.55. The normalized spacial score (nSPS) is 15.2. The van der Waals surface area contributed by atoms with E-state index < -0.39 is 0 Å². The van der Waals surface area contributed by atoms with Gasteiger partial charge in [-0.1, -0.05) is 48.2 Å². The van der Waals surface area contributed by atoms with Crippen LogP contribution in [0.25, 0.3) is 5.73 Å². The summed E-state index contributed by atoms with van der Waals surface area (Å²) in [6.45, 7) is 4.00. The van der Waals surface area contributed by atoms with Gasteiger partial charge in [0.2, 0.25) is 0 Å². The smallest absolute Gasteiger partial charge is 0.698 e. The predicted molar refractivity (Wildman–Crippen MR) is 101 cm³/mol. The van der Waals surface area contributed by atoms with Crippen LogP contribution < -0.4 is 18.9 Å². The fourth-order valence-corrected chi connectivity index (χ4v) is 3.06. The third-order valence-electron chi connectivity index (χ3n) is 3.51. The third kappa shape index (κ3) is 9.99. The molecule has 2 aliphatic heterocycles. The Balaban J connectivity index is 0.000000233. The number of benzene rings is 2. The van der Waals surface area contributed by atoms with Crippen molar-refractivity contribution in [3.8, 4) is 0 Å². The Morgan fingerprint density at radius 2 is 1.16 bits per heavy atom. The first-order chi connectivity index (χ1) is 11.9. The number of ether oxygens (including phenoxy) is 2. The second-order valence-electron chi connectivity index (χ2n) is 5.55. The molecule has 3 nitrogen and oxygen atoms in total. The van der Waals surface area contributed by atoms with Gasteiger partial charge in [-0.25, -0.2) is 0 Å². The van der Waals surface area contributed by atoms with Crippen LogP contribution >= 0.6 is 11.8 Å². The maximum Gasteiger partial charge on any atom is 1.00 e. The summed E-state index contributed by atoms with van der Waals surface area (Å²) in [5.41, 5.74) is 8.28. The summed E-state index contributed by atoms with van der Waals surface area (Å²) < 4.78 is 9.89. The minimum atomic E-state index is 0. The van der Waals surface area contributed by atoms with Gasteiger partial charge in [-0.2, -0.15) is 0 Å². The largest absolute Gasteiger partial charge is 1.00 e. The van der Waals surface area contributed by atoms with Crippen LogP contribution in [0, 0.1) is 0 Å². The number of hydrogen-bond donors (Lipinski definition) is 0. The monoisotopic (exact) mass is 351 g/mol. The Bertz CT molecular complexity index is 535. The Morgan fingerprint density at radius 3 is 1.60 bits per heavy atom. The Morgan fingerprint density at radius 1 is 0.680 bits per heavy atom. The molecule has 0 radical (unpaired) electrons. The minimum absolute atomic E-state index is 0. The van der Waals surface area contributed by atoms with Crippen LogP contribution in [0.2, 0.25) is 0 Å². The molecule has 0 saturated carbocycles.